The number of aromatic carboxylic acids is 1. The van der Waals surface area contributed by atoms with Crippen LogP contribution in [0.5, 0.6) is 0 Å². The molecule has 0 heterocycles. The molecular weight excluding hydrogens is 255 g/mol. The van der Waals surface area contributed by atoms with Crippen molar-refractivity contribution in [3.8, 4) is 0 Å². The van der Waals surface area contributed by atoms with E-state index in [1.807, 2.05) is 6.92 Å². The summed E-state index contributed by atoms with van der Waals surface area (Å²) >= 11 is 9.01. The Morgan fingerprint density at radius 1 is 1.62 bits per heavy atom. The van der Waals surface area contributed by atoms with Crippen LogP contribution in [-0.2, 0) is 6.42 Å². The summed E-state index contributed by atoms with van der Waals surface area (Å²) in [5.74, 6) is -0.944. The Morgan fingerprint density at radius 3 is 2.69 bits per heavy atom. The van der Waals surface area contributed by atoms with Gasteiger partial charge in [0.2, 0.25) is 0 Å². The molecule has 0 amide bonds. The smallest absolute Gasteiger partial charge is 0.336 e. The maximum Gasteiger partial charge on any atom is 0.336 e. The molecule has 0 radical (unpaired) electrons. The highest BCUT2D eigenvalue weighted by Crippen LogP contribution is 2.26. The average molecular weight is 264 g/mol. The summed E-state index contributed by atoms with van der Waals surface area (Å²) < 4.78 is 0.750. The van der Waals surface area contributed by atoms with Crippen LogP contribution in [0.3, 0.4) is 0 Å². The number of carbonyl (C=O) groups is 1. The third-order valence-electron chi connectivity index (χ3n) is 1.74. The molecule has 0 aliphatic carbocycles. The maximum atomic E-state index is 10.8. The van der Waals surface area contributed by atoms with Crippen LogP contribution >= 0.6 is 27.5 Å². The second kappa shape index (κ2) is 4.11. The van der Waals surface area contributed by atoms with Crippen LogP contribution in [0.4, 0.5) is 0 Å². The largest absolute Gasteiger partial charge is 0.478 e. The van der Waals surface area contributed by atoms with Gasteiger partial charge in [-0.3, -0.25) is 0 Å². The predicted octanol–water partition coefficient (Wildman–Crippen LogP) is 3.36. The molecule has 0 saturated heterocycles. The normalized spacial score (nSPS) is 10.1. The van der Waals surface area contributed by atoms with Gasteiger partial charge in [-0.15, -0.1) is 0 Å². The van der Waals surface area contributed by atoms with E-state index in [0.717, 1.165) is 10.0 Å². The molecule has 1 aromatic rings. The van der Waals surface area contributed by atoms with Gasteiger partial charge in [-0.25, -0.2) is 4.79 Å². The van der Waals surface area contributed by atoms with Crippen molar-refractivity contribution < 1.29 is 9.90 Å². The molecule has 0 aliphatic heterocycles. The number of benzene rings is 1. The maximum absolute atomic E-state index is 10.8. The number of carboxylic acids is 1. The van der Waals surface area contributed by atoms with Gasteiger partial charge in [0.15, 0.2) is 0 Å². The first-order chi connectivity index (χ1) is 6.06. The van der Waals surface area contributed by atoms with E-state index in [1.54, 1.807) is 6.07 Å². The number of hydrogen-bond acceptors (Lipinski definition) is 1. The van der Waals surface area contributed by atoms with Crippen molar-refractivity contribution in [1.29, 1.82) is 0 Å². The Bertz CT molecular complexity index is 350. The molecule has 0 atom stereocenters. The molecule has 0 spiro atoms. The molecule has 13 heavy (non-hydrogen) atoms. The van der Waals surface area contributed by atoms with Gasteiger partial charge in [0, 0.05) is 9.50 Å². The summed E-state index contributed by atoms with van der Waals surface area (Å²) in [6.45, 7) is 1.90. The van der Waals surface area contributed by atoms with Crippen LogP contribution < -0.4 is 0 Å². The first kappa shape index (κ1) is 10.5. The molecule has 1 N–H and O–H groups in total. The number of halogens is 2. The van der Waals surface area contributed by atoms with Crippen molar-refractivity contribution in [3.05, 3.63) is 32.8 Å². The SMILES string of the molecule is CCc1c(Br)cc(Cl)cc1C(=O)O. The highest BCUT2D eigenvalue weighted by atomic mass is 79.9. The molecule has 70 valence electrons. The summed E-state index contributed by atoms with van der Waals surface area (Å²) in [5.41, 5.74) is 1.04. The van der Waals surface area contributed by atoms with Gasteiger partial charge in [-0.1, -0.05) is 34.5 Å². The zero-order chi connectivity index (χ0) is 10.0. The Labute approximate surface area is 89.7 Å². The third-order valence-corrected chi connectivity index (χ3v) is 2.67. The molecular formula is C9H8BrClO2. The minimum absolute atomic E-state index is 0.266. The Hall–Kier alpha value is -0.540. The highest BCUT2D eigenvalue weighted by molar-refractivity contribution is 9.10. The summed E-state index contributed by atoms with van der Waals surface area (Å²) in [7, 11) is 0. The van der Waals surface area contributed by atoms with Gasteiger partial charge in [-0.2, -0.15) is 0 Å². The lowest BCUT2D eigenvalue weighted by Crippen LogP contribution is -2.02. The summed E-state index contributed by atoms with van der Waals surface area (Å²) in [5, 5.41) is 9.30. The summed E-state index contributed by atoms with van der Waals surface area (Å²) in [6, 6.07) is 3.17. The quantitative estimate of drug-likeness (QED) is 0.888. The van der Waals surface area contributed by atoms with E-state index in [-0.39, 0.29) is 5.56 Å². The molecule has 0 aliphatic rings. The fourth-order valence-corrected chi connectivity index (χ4v) is 2.24. The second-order valence-electron chi connectivity index (χ2n) is 2.57. The van der Waals surface area contributed by atoms with Crippen molar-refractivity contribution in [2.75, 3.05) is 0 Å². The van der Waals surface area contributed by atoms with Gasteiger partial charge in [0.25, 0.3) is 0 Å². The molecule has 2 nitrogen and oxygen atoms in total. The minimum atomic E-state index is -0.944. The van der Waals surface area contributed by atoms with Gasteiger partial charge in [-0.05, 0) is 24.1 Å². The average Bonchev–Trinajstić information content (AvgIpc) is 2.02. The Morgan fingerprint density at radius 2 is 2.23 bits per heavy atom. The van der Waals surface area contributed by atoms with Crippen molar-refractivity contribution in [2.24, 2.45) is 0 Å². The minimum Gasteiger partial charge on any atom is -0.478 e. The molecule has 0 unspecified atom stereocenters. The van der Waals surface area contributed by atoms with E-state index in [1.165, 1.54) is 6.07 Å². The van der Waals surface area contributed by atoms with E-state index >= 15 is 0 Å². The van der Waals surface area contributed by atoms with E-state index in [4.69, 9.17) is 16.7 Å². The van der Waals surface area contributed by atoms with Crippen LogP contribution in [0.25, 0.3) is 0 Å². The van der Waals surface area contributed by atoms with Crippen molar-refractivity contribution in [3.63, 3.8) is 0 Å². The monoisotopic (exact) mass is 262 g/mol. The van der Waals surface area contributed by atoms with Gasteiger partial charge in [0.1, 0.15) is 0 Å². The lowest BCUT2D eigenvalue weighted by molar-refractivity contribution is 0.0695. The summed E-state index contributed by atoms with van der Waals surface area (Å²) in [6.07, 6.45) is 0.666. The number of carboxylic acid groups (broad SMARTS) is 1. The van der Waals surface area contributed by atoms with Gasteiger partial charge < -0.3 is 5.11 Å². The van der Waals surface area contributed by atoms with Crippen molar-refractivity contribution >= 4 is 33.5 Å². The topological polar surface area (TPSA) is 37.3 Å². The fourth-order valence-electron chi connectivity index (χ4n) is 1.15. The Kier molecular flexibility index (Phi) is 3.33. The lowest BCUT2D eigenvalue weighted by atomic mass is 10.1. The van der Waals surface area contributed by atoms with Crippen molar-refractivity contribution in [2.45, 2.75) is 13.3 Å². The first-order valence-corrected chi connectivity index (χ1v) is 4.94. The van der Waals surface area contributed by atoms with Crippen molar-refractivity contribution in [1.82, 2.24) is 0 Å². The predicted molar refractivity (Wildman–Crippen MR) is 55.5 cm³/mol. The molecule has 1 rings (SSSR count). The Balaban J connectivity index is 3.38. The fraction of sp³-hybridized carbons (Fsp3) is 0.222. The molecule has 0 saturated carbocycles. The van der Waals surface area contributed by atoms with Crippen LogP contribution in [0.2, 0.25) is 5.02 Å². The zero-order valence-electron chi connectivity index (χ0n) is 6.97. The van der Waals surface area contributed by atoms with E-state index in [2.05, 4.69) is 15.9 Å². The molecule has 0 bridgehead atoms. The van der Waals surface area contributed by atoms with Gasteiger partial charge >= 0.3 is 5.97 Å². The third kappa shape index (κ3) is 2.23. The van der Waals surface area contributed by atoms with Crippen LogP contribution in [-0.4, -0.2) is 11.1 Å². The van der Waals surface area contributed by atoms with Crippen LogP contribution in [0.1, 0.15) is 22.8 Å². The standard InChI is InChI=1S/C9H8BrClO2/c1-2-6-7(9(12)13)3-5(11)4-8(6)10/h3-4H,2H2,1H3,(H,12,13). The second-order valence-corrected chi connectivity index (χ2v) is 3.86. The first-order valence-electron chi connectivity index (χ1n) is 3.77. The molecule has 0 fully saturated rings. The highest BCUT2D eigenvalue weighted by Gasteiger charge is 2.12. The van der Waals surface area contributed by atoms with E-state index in [0.29, 0.717) is 11.4 Å². The van der Waals surface area contributed by atoms with E-state index < -0.39 is 5.97 Å². The van der Waals surface area contributed by atoms with Gasteiger partial charge in [0.05, 0.1) is 5.56 Å². The molecule has 4 heteroatoms. The molecule has 0 aromatic heterocycles. The van der Waals surface area contributed by atoms with Crippen LogP contribution in [0.15, 0.2) is 16.6 Å². The number of hydrogen-bond donors (Lipinski definition) is 1. The molecule has 1 aromatic carbocycles. The number of rotatable bonds is 2. The lowest BCUT2D eigenvalue weighted by Gasteiger charge is -2.06. The summed E-state index contributed by atoms with van der Waals surface area (Å²) in [4.78, 5) is 10.8. The zero-order valence-corrected chi connectivity index (χ0v) is 9.32. The van der Waals surface area contributed by atoms with E-state index in [9.17, 15) is 4.79 Å². The van der Waals surface area contributed by atoms with Crippen LogP contribution in [0, 0.1) is 0 Å².